The van der Waals surface area contributed by atoms with Crippen molar-refractivity contribution in [2.45, 2.75) is 44.7 Å². The third-order valence-electron chi connectivity index (χ3n) is 4.61. The van der Waals surface area contributed by atoms with Crippen molar-refractivity contribution in [1.82, 2.24) is 4.90 Å². The van der Waals surface area contributed by atoms with Crippen molar-refractivity contribution in [2.24, 2.45) is 5.41 Å². The SMILES string of the molecule is O=C(C1=C(N2CCCC2)CC12CCC2)C(F)(F)F. The lowest BCUT2D eigenvalue weighted by molar-refractivity contribution is -0.169. The molecule has 2 fully saturated rings. The molecule has 1 aliphatic heterocycles. The van der Waals surface area contributed by atoms with Crippen LogP contribution in [0.4, 0.5) is 13.2 Å². The van der Waals surface area contributed by atoms with Gasteiger partial charge in [0.2, 0.25) is 0 Å². The van der Waals surface area contributed by atoms with Gasteiger partial charge in [-0.3, -0.25) is 4.79 Å². The second-order valence-electron chi connectivity index (χ2n) is 5.65. The van der Waals surface area contributed by atoms with Gasteiger partial charge in [-0.05, 0) is 32.1 Å². The number of Topliss-reactive ketones (excluding diaryl/α,β-unsaturated/α-hetero) is 1. The van der Waals surface area contributed by atoms with Crippen molar-refractivity contribution in [3.05, 3.63) is 11.3 Å². The Hall–Kier alpha value is -1.00. The molecule has 0 atom stereocenters. The number of hydrogen-bond acceptors (Lipinski definition) is 2. The first kappa shape index (κ1) is 12.1. The van der Waals surface area contributed by atoms with E-state index in [2.05, 4.69) is 0 Å². The average molecular weight is 259 g/mol. The van der Waals surface area contributed by atoms with Crippen LogP contribution in [0.5, 0.6) is 0 Å². The number of halogens is 3. The third-order valence-corrected chi connectivity index (χ3v) is 4.61. The predicted octanol–water partition coefficient (Wildman–Crippen LogP) is 3.04. The topological polar surface area (TPSA) is 20.3 Å². The van der Waals surface area contributed by atoms with Crippen LogP contribution in [0.2, 0.25) is 0 Å². The van der Waals surface area contributed by atoms with Crippen LogP contribution in [0.25, 0.3) is 0 Å². The van der Waals surface area contributed by atoms with Crippen molar-refractivity contribution in [1.29, 1.82) is 0 Å². The Kier molecular flexibility index (Phi) is 2.51. The van der Waals surface area contributed by atoms with Crippen LogP contribution in [0, 0.1) is 5.41 Å². The maximum absolute atomic E-state index is 12.7. The fourth-order valence-electron chi connectivity index (χ4n) is 3.50. The molecule has 3 aliphatic rings. The van der Waals surface area contributed by atoms with Gasteiger partial charge in [-0.25, -0.2) is 0 Å². The van der Waals surface area contributed by atoms with E-state index in [0.29, 0.717) is 12.1 Å². The minimum atomic E-state index is -4.72. The zero-order valence-electron chi connectivity index (χ0n) is 10.1. The van der Waals surface area contributed by atoms with E-state index in [1.807, 2.05) is 4.90 Å². The zero-order valence-corrected chi connectivity index (χ0v) is 10.1. The van der Waals surface area contributed by atoms with Crippen LogP contribution in [0.3, 0.4) is 0 Å². The molecular formula is C13H16F3NO. The lowest BCUT2D eigenvalue weighted by atomic mass is 9.53. The monoisotopic (exact) mass is 259 g/mol. The molecule has 5 heteroatoms. The van der Waals surface area contributed by atoms with Crippen LogP contribution in [-0.2, 0) is 4.79 Å². The maximum Gasteiger partial charge on any atom is 0.454 e. The molecule has 1 spiro atoms. The van der Waals surface area contributed by atoms with E-state index in [4.69, 9.17) is 0 Å². The van der Waals surface area contributed by atoms with Gasteiger partial charge in [0, 0.05) is 29.8 Å². The standard InChI is InChI=1S/C13H16F3NO/c14-13(15,16)11(18)10-9(17-6-1-2-7-17)8-12(10)4-3-5-12/h1-8H2. The molecule has 0 unspecified atom stereocenters. The van der Waals surface area contributed by atoms with Crippen molar-refractivity contribution >= 4 is 5.78 Å². The van der Waals surface area contributed by atoms with Crippen molar-refractivity contribution in [3.63, 3.8) is 0 Å². The number of allylic oxidation sites excluding steroid dienone is 2. The van der Waals surface area contributed by atoms with Gasteiger partial charge in [0.1, 0.15) is 0 Å². The number of carbonyl (C=O) groups excluding carboxylic acids is 1. The molecule has 1 saturated heterocycles. The summed E-state index contributed by atoms with van der Waals surface area (Å²) in [6.07, 6.45) is 0.451. The largest absolute Gasteiger partial charge is 0.454 e. The Bertz CT molecular complexity index is 414. The van der Waals surface area contributed by atoms with Gasteiger partial charge in [-0.15, -0.1) is 0 Å². The third kappa shape index (κ3) is 1.59. The average Bonchev–Trinajstić information content (AvgIpc) is 2.65. The Balaban J connectivity index is 1.93. The minimum absolute atomic E-state index is 0.100. The van der Waals surface area contributed by atoms with E-state index in [0.717, 1.165) is 45.2 Å². The van der Waals surface area contributed by atoms with Gasteiger partial charge in [-0.2, -0.15) is 13.2 Å². The Morgan fingerprint density at radius 1 is 1.11 bits per heavy atom. The molecule has 2 nitrogen and oxygen atoms in total. The van der Waals surface area contributed by atoms with Crippen LogP contribution in [0.1, 0.15) is 38.5 Å². The lowest BCUT2D eigenvalue weighted by Gasteiger charge is -2.53. The van der Waals surface area contributed by atoms with E-state index >= 15 is 0 Å². The molecule has 0 amide bonds. The van der Waals surface area contributed by atoms with Gasteiger partial charge in [-0.1, -0.05) is 6.42 Å². The zero-order chi connectivity index (χ0) is 13.0. The maximum atomic E-state index is 12.7. The molecule has 0 radical (unpaired) electrons. The molecule has 100 valence electrons. The molecular weight excluding hydrogens is 243 g/mol. The van der Waals surface area contributed by atoms with Crippen molar-refractivity contribution < 1.29 is 18.0 Å². The highest BCUT2D eigenvalue weighted by Crippen LogP contribution is 2.61. The highest BCUT2D eigenvalue weighted by molar-refractivity contribution is 6.03. The molecule has 0 aromatic heterocycles. The lowest BCUT2D eigenvalue weighted by Crippen LogP contribution is -2.49. The Morgan fingerprint density at radius 2 is 1.72 bits per heavy atom. The molecule has 1 heterocycles. The highest BCUT2D eigenvalue weighted by Gasteiger charge is 2.58. The first-order chi connectivity index (χ1) is 8.44. The van der Waals surface area contributed by atoms with E-state index < -0.39 is 17.4 Å². The van der Waals surface area contributed by atoms with Crippen LogP contribution < -0.4 is 0 Å². The van der Waals surface area contributed by atoms with Gasteiger partial charge in [0.25, 0.3) is 5.78 Å². The summed E-state index contributed by atoms with van der Waals surface area (Å²) in [5.74, 6) is -1.59. The predicted molar refractivity (Wildman–Crippen MR) is 59.8 cm³/mol. The Morgan fingerprint density at radius 3 is 2.17 bits per heavy atom. The molecule has 0 bridgehead atoms. The number of likely N-dealkylation sites (tertiary alicyclic amines) is 1. The summed E-state index contributed by atoms with van der Waals surface area (Å²) in [7, 11) is 0. The first-order valence-corrected chi connectivity index (χ1v) is 6.54. The molecule has 3 rings (SSSR count). The number of carbonyl (C=O) groups is 1. The smallest absolute Gasteiger partial charge is 0.374 e. The van der Waals surface area contributed by atoms with Gasteiger partial charge < -0.3 is 4.90 Å². The van der Waals surface area contributed by atoms with E-state index in [1.165, 1.54) is 0 Å². The number of nitrogens with zero attached hydrogens (tertiary/aromatic N) is 1. The van der Waals surface area contributed by atoms with Crippen LogP contribution >= 0.6 is 0 Å². The summed E-state index contributed by atoms with van der Waals surface area (Å²) >= 11 is 0. The number of alkyl halides is 3. The normalized spacial score (nSPS) is 26.3. The first-order valence-electron chi connectivity index (χ1n) is 6.54. The second-order valence-corrected chi connectivity index (χ2v) is 5.65. The molecule has 2 aliphatic carbocycles. The number of hydrogen-bond donors (Lipinski definition) is 0. The summed E-state index contributed by atoms with van der Waals surface area (Å²) in [4.78, 5) is 13.6. The molecule has 0 aromatic carbocycles. The summed E-state index contributed by atoms with van der Waals surface area (Å²) in [5, 5.41) is 0. The molecule has 1 saturated carbocycles. The number of ketones is 1. The molecule has 0 N–H and O–H groups in total. The van der Waals surface area contributed by atoms with E-state index in [1.54, 1.807) is 0 Å². The van der Waals surface area contributed by atoms with Crippen molar-refractivity contribution in [2.75, 3.05) is 13.1 Å². The summed E-state index contributed by atoms with van der Waals surface area (Å²) < 4.78 is 38.0. The quantitative estimate of drug-likeness (QED) is 0.759. The molecule has 0 aromatic rings. The van der Waals surface area contributed by atoms with Gasteiger partial charge in [0.15, 0.2) is 0 Å². The summed E-state index contributed by atoms with van der Waals surface area (Å²) in [5.41, 5.74) is 0.377. The number of rotatable bonds is 2. The summed E-state index contributed by atoms with van der Waals surface area (Å²) in [6.45, 7) is 1.61. The van der Waals surface area contributed by atoms with E-state index in [-0.39, 0.29) is 5.57 Å². The minimum Gasteiger partial charge on any atom is -0.374 e. The van der Waals surface area contributed by atoms with Crippen LogP contribution in [0.15, 0.2) is 11.3 Å². The van der Waals surface area contributed by atoms with Gasteiger partial charge >= 0.3 is 6.18 Å². The van der Waals surface area contributed by atoms with Crippen LogP contribution in [-0.4, -0.2) is 29.9 Å². The fraction of sp³-hybridized carbons (Fsp3) is 0.769. The fourth-order valence-corrected chi connectivity index (χ4v) is 3.50. The van der Waals surface area contributed by atoms with Crippen molar-refractivity contribution in [3.8, 4) is 0 Å². The van der Waals surface area contributed by atoms with E-state index in [9.17, 15) is 18.0 Å². The summed E-state index contributed by atoms with van der Waals surface area (Å²) in [6, 6.07) is 0. The Labute approximate surface area is 104 Å². The highest BCUT2D eigenvalue weighted by atomic mass is 19.4. The second kappa shape index (κ2) is 3.75. The molecule has 18 heavy (non-hydrogen) atoms. The van der Waals surface area contributed by atoms with Gasteiger partial charge in [0.05, 0.1) is 0 Å².